The Morgan fingerprint density at radius 2 is 2.00 bits per heavy atom. The van der Waals surface area contributed by atoms with E-state index in [0.29, 0.717) is 6.42 Å². The predicted octanol–water partition coefficient (Wildman–Crippen LogP) is 2.95. The molecule has 0 fully saturated rings. The van der Waals surface area contributed by atoms with Crippen LogP contribution in [0.15, 0.2) is 24.3 Å². The van der Waals surface area contributed by atoms with Crippen LogP contribution >= 0.6 is 0 Å². The third-order valence-electron chi connectivity index (χ3n) is 3.95. The number of hydrogen-bond acceptors (Lipinski definition) is 1. The molecule has 0 aliphatic carbocycles. The fourth-order valence-electron chi connectivity index (χ4n) is 2.63. The Bertz CT molecular complexity index is 515. The fourth-order valence-corrected chi connectivity index (χ4v) is 2.63. The second-order valence-electron chi connectivity index (χ2n) is 5.38. The van der Waals surface area contributed by atoms with E-state index in [1.165, 1.54) is 17.0 Å². The van der Waals surface area contributed by atoms with Crippen LogP contribution in [0.4, 0.5) is 5.69 Å². The molecule has 1 aliphatic rings. The van der Waals surface area contributed by atoms with Crippen LogP contribution in [-0.4, -0.2) is 27.9 Å². The van der Waals surface area contributed by atoms with Gasteiger partial charge in [0.2, 0.25) is 5.69 Å². The predicted molar refractivity (Wildman–Crippen MR) is 71.8 cm³/mol. The Labute approximate surface area is 108 Å². The van der Waals surface area contributed by atoms with Crippen molar-refractivity contribution in [2.75, 3.05) is 6.54 Å². The van der Waals surface area contributed by atoms with Crippen LogP contribution in [0.3, 0.4) is 0 Å². The van der Waals surface area contributed by atoms with Crippen molar-refractivity contribution in [3.05, 3.63) is 29.8 Å². The van der Waals surface area contributed by atoms with Crippen LogP contribution in [0.5, 0.6) is 0 Å². The lowest BCUT2D eigenvalue weighted by Gasteiger charge is -2.14. The first kappa shape index (κ1) is 12.8. The Morgan fingerprint density at radius 3 is 2.67 bits per heavy atom. The van der Waals surface area contributed by atoms with Crippen LogP contribution in [0.1, 0.15) is 39.2 Å². The second kappa shape index (κ2) is 4.56. The van der Waals surface area contributed by atoms with Crippen LogP contribution in [0, 0.1) is 0 Å². The third kappa shape index (κ3) is 2.05. The van der Waals surface area contributed by atoms with E-state index in [9.17, 15) is 4.79 Å². The molecular formula is C15H20NO2+. The van der Waals surface area contributed by atoms with Gasteiger partial charge < -0.3 is 5.11 Å². The van der Waals surface area contributed by atoms with Crippen molar-refractivity contribution in [2.45, 2.75) is 39.0 Å². The molecule has 1 aromatic rings. The maximum absolute atomic E-state index is 10.6. The average Bonchev–Trinajstić information content (AvgIpc) is 2.51. The highest BCUT2D eigenvalue weighted by atomic mass is 16.4. The molecule has 0 amide bonds. The number of para-hydroxylation sites is 1. The first-order valence-electron chi connectivity index (χ1n) is 6.37. The number of benzene rings is 1. The van der Waals surface area contributed by atoms with E-state index in [2.05, 4.69) is 43.5 Å². The van der Waals surface area contributed by atoms with E-state index in [4.69, 9.17) is 5.11 Å². The molecule has 0 spiro atoms. The van der Waals surface area contributed by atoms with Crippen molar-refractivity contribution >= 4 is 17.4 Å². The van der Waals surface area contributed by atoms with Crippen LogP contribution in [0.25, 0.3) is 0 Å². The minimum Gasteiger partial charge on any atom is -0.481 e. The number of carboxylic acid groups (broad SMARTS) is 1. The Hall–Kier alpha value is -1.64. The molecule has 1 aromatic carbocycles. The second-order valence-corrected chi connectivity index (χ2v) is 5.38. The molecular weight excluding hydrogens is 226 g/mol. The third-order valence-corrected chi connectivity index (χ3v) is 3.95. The standard InChI is InChI=1S/C15H19NO2/c1-11-15(2,3)12-7-4-5-8-13(12)16(11)10-6-9-14(17)18/h4-5,7-8H,6,9-10H2,1-3H3/p+1. The zero-order chi connectivity index (χ0) is 13.3. The molecule has 0 saturated carbocycles. The van der Waals surface area contributed by atoms with Crippen molar-refractivity contribution in [3.63, 3.8) is 0 Å². The van der Waals surface area contributed by atoms with Gasteiger partial charge in [-0.15, -0.1) is 0 Å². The molecule has 0 aromatic heterocycles. The number of carbonyl (C=O) groups is 1. The van der Waals surface area contributed by atoms with Gasteiger partial charge in [-0.25, -0.2) is 0 Å². The molecule has 3 heteroatoms. The van der Waals surface area contributed by atoms with Gasteiger partial charge in [-0.2, -0.15) is 4.58 Å². The smallest absolute Gasteiger partial charge is 0.303 e. The van der Waals surface area contributed by atoms with E-state index in [1.807, 2.05) is 6.07 Å². The summed E-state index contributed by atoms with van der Waals surface area (Å²) in [6.45, 7) is 7.36. The lowest BCUT2D eigenvalue weighted by atomic mass is 9.82. The van der Waals surface area contributed by atoms with Gasteiger partial charge in [-0.1, -0.05) is 18.2 Å². The molecule has 0 radical (unpaired) electrons. The van der Waals surface area contributed by atoms with Crippen molar-refractivity contribution in [1.29, 1.82) is 0 Å². The average molecular weight is 246 g/mol. The molecule has 96 valence electrons. The Balaban J connectivity index is 2.29. The summed E-state index contributed by atoms with van der Waals surface area (Å²) in [7, 11) is 0. The van der Waals surface area contributed by atoms with Crippen molar-refractivity contribution in [3.8, 4) is 0 Å². The van der Waals surface area contributed by atoms with Crippen LogP contribution in [0.2, 0.25) is 0 Å². The summed E-state index contributed by atoms with van der Waals surface area (Å²) in [5, 5.41) is 8.73. The van der Waals surface area contributed by atoms with E-state index >= 15 is 0 Å². The van der Waals surface area contributed by atoms with Crippen molar-refractivity contribution in [2.24, 2.45) is 0 Å². The maximum Gasteiger partial charge on any atom is 0.303 e. The van der Waals surface area contributed by atoms with Crippen LogP contribution in [-0.2, 0) is 10.2 Å². The van der Waals surface area contributed by atoms with Gasteiger partial charge in [-0.05, 0) is 13.8 Å². The van der Waals surface area contributed by atoms with Gasteiger partial charge >= 0.3 is 5.97 Å². The number of nitrogens with zero attached hydrogens (tertiary/aromatic N) is 1. The van der Waals surface area contributed by atoms with Gasteiger partial charge in [-0.3, -0.25) is 4.79 Å². The van der Waals surface area contributed by atoms with E-state index < -0.39 is 5.97 Å². The highest BCUT2D eigenvalue weighted by Crippen LogP contribution is 2.39. The van der Waals surface area contributed by atoms with Gasteiger partial charge in [0.05, 0.1) is 11.8 Å². The number of rotatable bonds is 4. The summed E-state index contributed by atoms with van der Waals surface area (Å²) in [6, 6.07) is 8.39. The number of aliphatic carboxylic acids is 1. The SMILES string of the molecule is CC1=[N+](CCCC(=O)O)c2ccccc2C1(C)C. The molecule has 1 aliphatic heterocycles. The molecule has 0 atom stereocenters. The summed E-state index contributed by atoms with van der Waals surface area (Å²) >= 11 is 0. The minimum atomic E-state index is -0.723. The molecule has 3 nitrogen and oxygen atoms in total. The van der Waals surface area contributed by atoms with Crippen molar-refractivity contribution in [1.82, 2.24) is 0 Å². The molecule has 2 rings (SSSR count). The van der Waals surface area contributed by atoms with Crippen molar-refractivity contribution < 1.29 is 14.5 Å². The number of hydrogen-bond donors (Lipinski definition) is 1. The van der Waals surface area contributed by atoms with Gasteiger partial charge in [0, 0.05) is 25.0 Å². The van der Waals surface area contributed by atoms with Gasteiger partial charge in [0.1, 0.15) is 6.54 Å². The maximum atomic E-state index is 10.6. The topological polar surface area (TPSA) is 40.3 Å². The van der Waals surface area contributed by atoms with E-state index in [-0.39, 0.29) is 11.8 Å². The fraction of sp³-hybridized carbons (Fsp3) is 0.467. The number of carboxylic acids is 1. The lowest BCUT2D eigenvalue weighted by molar-refractivity contribution is -0.439. The monoisotopic (exact) mass is 246 g/mol. The zero-order valence-corrected chi connectivity index (χ0v) is 11.2. The first-order chi connectivity index (χ1) is 8.44. The molecule has 0 bridgehead atoms. The molecule has 0 unspecified atom stereocenters. The first-order valence-corrected chi connectivity index (χ1v) is 6.37. The summed E-state index contributed by atoms with van der Waals surface area (Å²) in [5.41, 5.74) is 3.90. The van der Waals surface area contributed by atoms with E-state index in [0.717, 1.165) is 6.54 Å². The number of fused-ring (bicyclic) bond motifs is 1. The molecule has 1 N–H and O–H groups in total. The van der Waals surface area contributed by atoms with Gasteiger partial charge in [0.15, 0.2) is 5.71 Å². The largest absolute Gasteiger partial charge is 0.481 e. The quantitative estimate of drug-likeness (QED) is 0.830. The highest BCUT2D eigenvalue weighted by Gasteiger charge is 2.42. The Morgan fingerprint density at radius 1 is 1.33 bits per heavy atom. The Kier molecular flexibility index (Phi) is 3.24. The lowest BCUT2D eigenvalue weighted by Crippen LogP contribution is -2.26. The summed E-state index contributed by atoms with van der Waals surface area (Å²) in [5.74, 6) is -0.723. The van der Waals surface area contributed by atoms with E-state index in [1.54, 1.807) is 0 Å². The molecule has 0 saturated heterocycles. The summed E-state index contributed by atoms with van der Waals surface area (Å²) in [4.78, 5) is 10.6. The molecule has 18 heavy (non-hydrogen) atoms. The summed E-state index contributed by atoms with van der Waals surface area (Å²) < 4.78 is 2.26. The zero-order valence-electron chi connectivity index (χ0n) is 11.2. The highest BCUT2D eigenvalue weighted by molar-refractivity contribution is 5.93. The molecule has 1 heterocycles. The normalized spacial score (nSPS) is 16.8. The van der Waals surface area contributed by atoms with Gasteiger partial charge in [0.25, 0.3) is 0 Å². The summed E-state index contributed by atoms with van der Waals surface area (Å²) in [6.07, 6.45) is 0.906. The van der Waals surface area contributed by atoms with Crippen LogP contribution < -0.4 is 0 Å². The minimum absolute atomic E-state index is 0.0415.